The van der Waals surface area contributed by atoms with E-state index >= 15 is 0 Å². The number of hydrogen-bond acceptors (Lipinski definition) is 6. The van der Waals surface area contributed by atoms with Crippen molar-refractivity contribution in [3.63, 3.8) is 0 Å². The Morgan fingerprint density at radius 1 is 1.13 bits per heavy atom. The van der Waals surface area contributed by atoms with Crippen LogP contribution in [0.4, 0.5) is 5.69 Å². The van der Waals surface area contributed by atoms with Crippen LogP contribution in [-0.4, -0.2) is 45.3 Å². The minimum absolute atomic E-state index is 0.108. The molecule has 1 aliphatic carbocycles. The number of amides is 1. The van der Waals surface area contributed by atoms with E-state index in [0.717, 1.165) is 74.4 Å². The van der Waals surface area contributed by atoms with E-state index in [1.165, 1.54) is 0 Å². The molecule has 5 rings (SSSR count). The Morgan fingerprint density at radius 3 is 2.55 bits per heavy atom. The Hall–Kier alpha value is -2.84. The average Bonchev–Trinajstić information content (AvgIpc) is 3.46. The van der Waals surface area contributed by atoms with E-state index in [4.69, 9.17) is 11.5 Å². The average molecular weight is 422 g/mol. The minimum atomic E-state index is -0.679. The van der Waals surface area contributed by atoms with Crippen molar-refractivity contribution < 1.29 is 4.79 Å². The van der Waals surface area contributed by atoms with E-state index in [-0.39, 0.29) is 11.9 Å². The molecule has 164 valence electrons. The molecule has 8 heteroatoms. The summed E-state index contributed by atoms with van der Waals surface area (Å²) in [5.74, 6) is 1.18. The van der Waals surface area contributed by atoms with Crippen LogP contribution < -0.4 is 22.2 Å². The number of benzene rings is 1. The van der Waals surface area contributed by atoms with Crippen LogP contribution in [0.3, 0.4) is 0 Å². The molecule has 1 amide bonds. The maximum Gasteiger partial charge on any atom is 0.253 e. The van der Waals surface area contributed by atoms with Gasteiger partial charge in [0.15, 0.2) is 5.82 Å². The zero-order chi connectivity index (χ0) is 21.4. The lowest BCUT2D eigenvalue weighted by Crippen LogP contribution is -2.58. The normalized spacial score (nSPS) is 27.9. The van der Waals surface area contributed by atoms with Gasteiger partial charge in [0.05, 0.1) is 5.70 Å². The number of carbonyl (C=O) groups is 1. The van der Waals surface area contributed by atoms with Gasteiger partial charge in [-0.05, 0) is 68.9 Å². The fraction of sp³-hybridized carbons (Fsp3) is 0.478. The number of nitrogens with two attached hydrogens (primary N) is 2. The fourth-order valence-electron chi connectivity index (χ4n) is 4.99. The van der Waals surface area contributed by atoms with E-state index in [1.54, 1.807) is 6.20 Å². The van der Waals surface area contributed by atoms with Crippen LogP contribution in [0.2, 0.25) is 0 Å². The van der Waals surface area contributed by atoms with Crippen molar-refractivity contribution in [2.24, 2.45) is 17.4 Å². The molecule has 1 saturated heterocycles. The number of imidazole rings is 1. The van der Waals surface area contributed by atoms with Gasteiger partial charge in [0.2, 0.25) is 0 Å². The lowest BCUT2D eigenvalue weighted by atomic mass is 9.78. The van der Waals surface area contributed by atoms with Crippen LogP contribution in [0, 0.1) is 5.92 Å². The van der Waals surface area contributed by atoms with Crippen molar-refractivity contribution >= 4 is 17.3 Å². The molecule has 6 N–H and O–H groups in total. The summed E-state index contributed by atoms with van der Waals surface area (Å²) in [7, 11) is 0. The first-order valence-electron chi connectivity index (χ1n) is 11.3. The number of hydrogen-bond donors (Lipinski definition) is 4. The molecule has 0 spiro atoms. The predicted molar refractivity (Wildman–Crippen MR) is 122 cm³/mol. The lowest BCUT2D eigenvalue weighted by molar-refractivity contribution is 0.0793. The van der Waals surface area contributed by atoms with Crippen LogP contribution in [-0.2, 0) is 0 Å². The third-order valence-electron chi connectivity index (χ3n) is 6.83. The molecule has 3 heterocycles. The molecular weight excluding hydrogens is 390 g/mol. The number of likely N-dealkylation sites (tertiary alicyclic amines) is 1. The highest BCUT2D eigenvalue weighted by atomic mass is 16.2. The van der Waals surface area contributed by atoms with Crippen molar-refractivity contribution in [2.75, 3.05) is 23.8 Å². The maximum atomic E-state index is 12.6. The van der Waals surface area contributed by atoms with Gasteiger partial charge in [-0.1, -0.05) is 0 Å². The Kier molecular flexibility index (Phi) is 5.19. The van der Waals surface area contributed by atoms with Crippen LogP contribution in [0.25, 0.3) is 5.70 Å². The Balaban J connectivity index is 1.36. The molecule has 1 atom stereocenters. The van der Waals surface area contributed by atoms with Gasteiger partial charge in [-0.15, -0.1) is 0 Å². The van der Waals surface area contributed by atoms with Crippen LogP contribution in [0.1, 0.15) is 54.7 Å². The smallest absolute Gasteiger partial charge is 0.253 e. The molecule has 3 aliphatic rings. The summed E-state index contributed by atoms with van der Waals surface area (Å²) in [5.41, 5.74) is 18.2. The second-order valence-corrected chi connectivity index (χ2v) is 9.04. The first-order valence-corrected chi connectivity index (χ1v) is 11.3. The molecule has 2 fully saturated rings. The lowest BCUT2D eigenvalue weighted by Gasteiger charge is -2.42. The largest absolute Gasteiger partial charge is 0.353 e. The highest BCUT2D eigenvalue weighted by Gasteiger charge is 2.39. The minimum Gasteiger partial charge on any atom is -0.353 e. The van der Waals surface area contributed by atoms with Crippen molar-refractivity contribution in [3.8, 4) is 0 Å². The van der Waals surface area contributed by atoms with Gasteiger partial charge < -0.3 is 27.1 Å². The van der Waals surface area contributed by atoms with Gasteiger partial charge in [-0.3, -0.25) is 4.79 Å². The van der Waals surface area contributed by atoms with Crippen molar-refractivity contribution in [3.05, 3.63) is 54.1 Å². The summed E-state index contributed by atoms with van der Waals surface area (Å²) >= 11 is 0. The molecule has 31 heavy (non-hydrogen) atoms. The van der Waals surface area contributed by atoms with Crippen LogP contribution in [0.5, 0.6) is 0 Å². The number of aromatic nitrogens is 2. The van der Waals surface area contributed by atoms with E-state index in [1.807, 2.05) is 40.0 Å². The summed E-state index contributed by atoms with van der Waals surface area (Å²) in [6, 6.07) is 7.93. The van der Waals surface area contributed by atoms with E-state index in [9.17, 15) is 4.79 Å². The number of fused-ring (bicyclic) bond motifs is 1. The summed E-state index contributed by atoms with van der Waals surface area (Å²) in [5, 5.41) is 3.47. The second kappa shape index (κ2) is 8.01. The van der Waals surface area contributed by atoms with Crippen molar-refractivity contribution in [1.82, 2.24) is 14.6 Å². The monoisotopic (exact) mass is 421 g/mol. The van der Waals surface area contributed by atoms with Crippen LogP contribution >= 0.6 is 0 Å². The zero-order valence-electron chi connectivity index (χ0n) is 17.8. The topological polar surface area (TPSA) is 114 Å². The fourth-order valence-corrected chi connectivity index (χ4v) is 4.99. The van der Waals surface area contributed by atoms with Gasteiger partial charge >= 0.3 is 0 Å². The highest BCUT2D eigenvalue weighted by molar-refractivity contribution is 5.95. The number of carbonyl (C=O) groups excluding carboxylic acids is 1. The number of rotatable bonds is 4. The van der Waals surface area contributed by atoms with E-state index in [2.05, 4.69) is 21.8 Å². The summed E-state index contributed by atoms with van der Waals surface area (Å²) < 4.78 is 1.89. The molecule has 2 aliphatic heterocycles. The zero-order valence-corrected chi connectivity index (χ0v) is 17.8. The maximum absolute atomic E-state index is 12.6. The first kappa shape index (κ1) is 20.1. The van der Waals surface area contributed by atoms with Gasteiger partial charge in [0.25, 0.3) is 5.91 Å². The first-order chi connectivity index (χ1) is 15.0. The van der Waals surface area contributed by atoms with Gasteiger partial charge in [0, 0.05) is 48.7 Å². The molecule has 1 aromatic heterocycles. The Bertz CT molecular complexity index is 968. The quantitative estimate of drug-likeness (QED) is 0.602. The van der Waals surface area contributed by atoms with Gasteiger partial charge in [0.1, 0.15) is 5.66 Å². The van der Waals surface area contributed by atoms with Gasteiger partial charge in [-0.25, -0.2) is 9.66 Å². The molecule has 1 saturated carbocycles. The third-order valence-corrected chi connectivity index (χ3v) is 6.83. The molecule has 0 radical (unpaired) electrons. The van der Waals surface area contributed by atoms with E-state index in [0.29, 0.717) is 5.92 Å². The number of anilines is 1. The molecular formula is C23H31N7O. The second-order valence-electron chi connectivity index (χ2n) is 9.04. The number of nitrogens with zero attached hydrogens (tertiary/aromatic N) is 3. The molecule has 1 unspecified atom stereocenters. The van der Waals surface area contributed by atoms with Crippen LogP contribution in [0.15, 0.2) is 42.7 Å². The van der Waals surface area contributed by atoms with Crippen molar-refractivity contribution in [2.45, 2.75) is 50.2 Å². The highest BCUT2D eigenvalue weighted by Crippen LogP contribution is 2.35. The SMILES string of the molecule is NC1CCC(C2(N)C=C(Nc3ccc(C(=O)N4CCCC4)cc3)c3nccn3N2)CC1. The summed E-state index contributed by atoms with van der Waals surface area (Å²) in [6.45, 7) is 1.71. The standard InChI is InChI=1S/C23H31N7O/c24-18-7-5-17(6-8-18)23(25)15-20(21-26-11-14-30(21)28-23)27-19-9-3-16(4-10-19)22(31)29-12-1-2-13-29/h3-4,9-11,14-15,17-18,27-28H,1-2,5-8,12-13,24-25H2. The summed E-state index contributed by atoms with van der Waals surface area (Å²) in [6.07, 6.45) is 11.9. The molecule has 2 aromatic rings. The summed E-state index contributed by atoms with van der Waals surface area (Å²) in [4.78, 5) is 19.0. The molecule has 0 bridgehead atoms. The third kappa shape index (κ3) is 3.93. The predicted octanol–water partition coefficient (Wildman–Crippen LogP) is 2.30. The molecule has 8 nitrogen and oxygen atoms in total. The Morgan fingerprint density at radius 2 is 1.84 bits per heavy atom. The van der Waals surface area contributed by atoms with E-state index < -0.39 is 5.66 Å². The number of nitrogens with one attached hydrogen (secondary N) is 2. The molecule has 1 aromatic carbocycles. The van der Waals surface area contributed by atoms with Crippen molar-refractivity contribution in [1.29, 1.82) is 0 Å². The Labute approximate surface area is 182 Å². The van der Waals surface area contributed by atoms with Gasteiger partial charge in [-0.2, -0.15) is 0 Å².